The third-order valence-corrected chi connectivity index (χ3v) is 2.29. The van der Waals surface area contributed by atoms with Gasteiger partial charge in [0.2, 0.25) is 0 Å². The molecule has 3 nitrogen and oxygen atoms in total. The van der Waals surface area contributed by atoms with Gasteiger partial charge < -0.3 is 0 Å². The summed E-state index contributed by atoms with van der Waals surface area (Å²) in [6.07, 6.45) is 15.1. The molecule has 0 aromatic carbocycles. The third kappa shape index (κ3) is 6.07. The van der Waals surface area contributed by atoms with E-state index < -0.39 is 0 Å². The minimum absolute atomic E-state index is 0.0730. The number of nitrogens with zero attached hydrogens (tertiary/aromatic N) is 2. The molecule has 0 saturated heterocycles. The maximum Gasteiger partial charge on any atom is 0.178 e. The van der Waals surface area contributed by atoms with Crippen molar-refractivity contribution in [1.29, 1.82) is 0 Å². The lowest BCUT2D eigenvalue weighted by molar-refractivity contribution is -0.110. The highest BCUT2D eigenvalue weighted by atomic mass is 16.1. The van der Waals surface area contributed by atoms with Crippen molar-refractivity contribution in [3.63, 3.8) is 0 Å². The standard InChI is InChI=1S/C16H16N2O/c1-3-14(8-11-17-2)4-6-16(19)7-5-15-9-12-18-13-10-15/h3-13H,2H2,1H3/b6-4+,7-5+,11-8-,14-3-. The van der Waals surface area contributed by atoms with E-state index in [4.69, 9.17) is 0 Å². The second kappa shape index (κ2) is 8.53. The average molecular weight is 252 g/mol. The van der Waals surface area contributed by atoms with E-state index in [2.05, 4.69) is 16.7 Å². The van der Waals surface area contributed by atoms with Crippen LogP contribution < -0.4 is 0 Å². The van der Waals surface area contributed by atoms with E-state index in [1.54, 1.807) is 36.8 Å². The van der Waals surface area contributed by atoms with E-state index in [-0.39, 0.29) is 5.78 Å². The van der Waals surface area contributed by atoms with E-state index in [1.807, 2.05) is 25.1 Å². The number of carbonyl (C=O) groups excluding carboxylic acids is 1. The zero-order valence-electron chi connectivity index (χ0n) is 10.9. The monoisotopic (exact) mass is 252 g/mol. The molecule has 0 aliphatic heterocycles. The Morgan fingerprint density at radius 2 is 1.95 bits per heavy atom. The Kier molecular flexibility index (Phi) is 6.51. The number of rotatable bonds is 6. The van der Waals surface area contributed by atoms with Gasteiger partial charge >= 0.3 is 0 Å². The summed E-state index contributed by atoms with van der Waals surface area (Å²) in [5.74, 6) is -0.0730. The first-order valence-corrected chi connectivity index (χ1v) is 5.85. The summed E-state index contributed by atoms with van der Waals surface area (Å²) in [5, 5.41) is 0. The molecule has 3 heteroatoms. The average Bonchev–Trinajstić information content (AvgIpc) is 2.46. The van der Waals surface area contributed by atoms with Crippen molar-refractivity contribution in [3.8, 4) is 0 Å². The number of ketones is 1. The van der Waals surface area contributed by atoms with E-state index >= 15 is 0 Å². The molecule has 0 bridgehead atoms. The van der Waals surface area contributed by atoms with Gasteiger partial charge in [0, 0.05) is 18.6 Å². The zero-order chi connectivity index (χ0) is 13.9. The van der Waals surface area contributed by atoms with Gasteiger partial charge in [-0.3, -0.25) is 14.8 Å². The molecule has 1 heterocycles. The summed E-state index contributed by atoms with van der Waals surface area (Å²) in [4.78, 5) is 19.2. The first-order valence-electron chi connectivity index (χ1n) is 5.85. The zero-order valence-corrected chi connectivity index (χ0v) is 10.9. The van der Waals surface area contributed by atoms with Crippen LogP contribution in [0.3, 0.4) is 0 Å². The molecular weight excluding hydrogens is 236 g/mol. The first-order chi connectivity index (χ1) is 9.26. The Hall–Kier alpha value is -2.55. The van der Waals surface area contributed by atoms with Gasteiger partial charge in [-0.2, -0.15) is 0 Å². The molecular formula is C16H16N2O. The lowest BCUT2D eigenvalue weighted by atomic mass is 10.2. The summed E-state index contributed by atoms with van der Waals surface area (Å²) >= 11 is 0. The highest BCUT2D eigenvalue weighted by molar-refractivity contribution is 6.02. The molecule has 1 aromatic heterocycles. The SMILES string of the molecule is C=N\C=C/C(=C\C)/C=C/C(=O)/C=C/c1ccncc1. The van der Waals surface area contributed by atoms with E-state index in [1.165, 1.54) is 12.2 Å². The minimum atomic E-state index is -0.0730. The van der Waals surface area contributed by atoms with Crippen molar-refractivity contribution < 1.29 is 4.79 Å². The van der Waals surface area contributed by atoms with Gasteiger partial charge in [0.05, 0.1) is 0 Å². The van der Waals surface area contributed by atoms with Gasteiger partial charge in [0.25, 0.3) is 0 Å². The van der Waals surface area contributed by atoms with Crippen LogP contribution in [0.1, 0.15) is 12.5 Å². The molecule has 0 fully saturated rings. The molecule has 19 heavy (non-hydrogen) atoms. The first kappa shape index (κ1) is 14.5. The molecule has 0 saturated carbocycles. The molecule has 0 radical (unpaired) electrons. The molecule has 1 aromatic rings. The van der Waals surface area contributed by atoms with Crippen LogP contribution in [0.5, 0.6) is 0 Å². The summed E-state index contributed by atoms with van der Waals surface area (Å²) in [5.41, 5.74) is 1.84. The van der Waals surface area contributed by atoms with Crippen molar-refractivity contribution in [1.82, 2.24) is 4.98 Å². The Balaban J connectivity index is 2.62. The maximum atomic E-state index is 11.6. The quantitative estimate of drug-likeness (QED) is 0.442. The van der Waals surface area contributed by atoms with Crippen LogP contribution in [0.4, 0.5) is 0 Å². The Bertz CT molecular complexity index is 537. The number of allylic oxidation sites excluding steroid dienone is 6. The second-order valence-electron chi connectivity index (χ2n) is 3.64. The van der Waals surface area contributed by atoms with Crippen LogP contribution in [0.15, 0.2) is 71.7 Å². The Labute approximate surface area is 113 Å². The van der Waals surface area contributed by atoms with Crippen LogP contribution in [0.2, 0.25) is 0 Å². The summed E-state index contributed by atoms with van der Waals surface area (Å²) in [7, 11) is 0. The fraction of sp³-hybridized carbons (Fsp3) is 0.0625. The van der Waals surface area contributed by atoms with Crippen molar-refractivity contribution in [2.45, 2.75) is 6.92 Å². The predicted molar refractivity (Wildman–Crippen MR) is 79.9 cm³/mol. The van der Waals surface area contributed by atoms with E-state index in [0.29, 0.717) is 0 Å². The lowest BCUT2D eigenvalue weighted by Crippen LogP contribution is -1.85. The van der Waals surface area contributed by atoms with Crippen LogP contribution in [-0.4, -0.2) is 17.5 Å². The van der Waals surface area contributed by atoms with Gasteiger partial charge in [-0.25, -0.2) is 0 Å². The number of hydrogen-bond donors (Lipinski definition) is 0. The molecule has 96 valence electrons. The van der Waals surface area contributed by atoms with Crippen molar-refractivity contribution >= 4 is 18.6 Å². The normalized spacial score (nSPS) is 12.6. The molecule has 0 atom stereocenters. The van der Waals surface area contributed by atoms with Gasteiger partial charge in [0.1, 0.15) is 0 Å². The Morgan fingerprint density at radius 3 is 2.58 bits per heavy atom. The van der Waals surface area contributed by atoms with Gasteiger partial charge in [-0.15, -0.1) is 0 Å². The molecule has 0 aliphatic carbocycles. The minimum Gasteiger partial charge on any atom is -0.290 e. The van der Waals surface area contributed by atoms with Crippen LogP contribution in [-0.2, 0) is 4.79 Å². The summed E-state index contributed by atoms with van der Waals surface area (Å²) in [6, 6.07) is 3.67. The molecule has 0 unspecified atom stereocenters. The highest BCUT2D eigenvalue weighted by Crippen LogP contribution is 2.02. The van der Waals surface area contributed by atoms with E-state index in [0.717, 1.165) is 11.1 Å². The van der Waals surface area contributed by atoms with Gasteiger partial charge in [0.15, 0.2) is 5.78 Å². The molecule has 0 N–H and O–H groups in total. The highest BCUT2D eigenvalue weighted by Gasteiger charge is 1.90. The van der Waals surface area contributed by atoms with Crippen molar-refractivity contribution in [2.75, 3.05) is 0 Å². The fourth-order valence-electron chi connectivity index (χ4n) is 1.27. The van der Waals surface area contributed by atoms with E-state index in [9.17, 15) is 4.79 Å². The second-order valence-corrected chi connectivity index (χ2v) is 3.64. The molecule has 1 rings (SSSR count). The fourth-order valence-corrected chi connectivity index (χ4v) is 1.27. The number of aromatic nitrogens is 1. The summed E-state index contributed by atoms with van der Waals surface area (Å²) < 4.78 is 0. The topological polar surface area (TPSA) is 42.3 Å². The molecule has 0 aliphatic rings. The Morgan fingerprint density at radius 1 is 1.21 bits per heavy atom. The number of hydrogen-bond acceptors (Lipinski definition) is 3. The third-order valence-electron chi connectivity index (χ3n) is 2.29. The van der Waals surface area contributed by atoms with Crippen LogP contribution in [0.25, 0.3) is 6.08 Å². The van der Waals surface area contributed by atoms with Crippen molar-refractivity contribution in [3.05, 3.63) is 72.2 Å². The number of aliphatic imine (C=N–C) groups is 1. The lowest BCUT2D eigenvalue weighted by Gasteiger charge is -1.91. The van der Waals surface area contributed by atoms with Gasteiger partial charge in [-0.1, -0.05) is 18.2 Å². The largest absolute Gasteiger partial charge is 0.290 e. The van der Waals surface area contributed by atoms with Crippen LogP contribution >= 0.6 is 0 Å². The predicted octanol–water partition coefficient (Wildman–Crippen LogP) is 3.38. The molecule has 0 amide bonds. The van der Waals surface area contributed by atoms with Crippen LogP contribution in [0, 0.1) is 0 Å². The van der Waals surface area contributed by atoms with Gasteiger partial charge in [-0.05, 0) is 55.1 Å². The maximum absolute atomic E-state index is 11.6. The summed E-state index contributed by atoms with van der Waals surface area (Å²) in [6.45, 7) is 5.25. The smallest absolute Gasteiger partial charge is 0.178 e. The molecule has 0 spiro atoms. The number of pyridine rings is 1. The number of carbonyl (C=O) groups is 1. The van der Waals surface area contributed by atoms with Crippen molar-refractivity contribution in [2.24, 2.45) is 4.99 Å².